The number of thioether (sulfide) groups is 1. The van der Waals surface area contributed by atoms with E-state index in [4.69, 9.17) is 4.42 Å². The van der Waals surface area contributed by atoms with E-state index in [0.29, 0.717) is 0 Å². The predicted molar refractivity (Wildman–Crippen MR) is 292 cm³/mol. The zero-order valence-electron chi connectivity index (χ0n) is 37.3. The van der Waals surface area contributed by atoms with E-state index >= 15 is 0 Å². The lowest BCUT2D eigenvalue weighted by molar-refractivity contribution is 0.662. The Bertz CT molecular complexity index is 4380. The minimum atomic E-state index is -0.385. The lowest BCUT2D eigenvalue weighted by Crippen LogP contribution is -2.29. The van der Waals surface area contributed by atoms with E-state index in [1.807, 2.05) is 23.1 Å². The minimum absolute atomic E-state index is 0.385. The van der Waals surface area contributed by atoms with E-state index in [-0.39, 0.29) is 5.41 Å². The highest BCUT2D eigenvalue weighted by molar-refractivity contribution is 7.99. The number of hydrogen-bond donors (Lipinski definition) is 0. The van der Waals surface area contributed by atoms with E-state index in [1.54, 1.807) is 0 Å². The Morgan fingerprint density at radius 1 is 0.391 bits per heavy atom. The van der Waals surface area contributed by atoms with E-state index in [0.717, 1.165) is 38.9 Å². The molecule has 324 valence electrons. The SMILES string of the molecule is c1ccc(-n2c3ccccc3c3cc(-c4c(-c5ccc6c(c5)oc5cc(C7(c8ccc9c(c8)c8ccccc8n9-c8ccccc8)CSc8ccccc87)ccc56)sc5ccccc45)ccc32)cc1. The molecule has 69 heavy (non-hydrogen) atoms. The van der Waals surface area contributed by atoms with Gasteiger partial charge in [-0.15, -0.1) is 23.1 Å². The van der Waals surface area contributed by atoms with Gasteiger partial charge >= 0.3 is 0 Å². The number of fused-ring (bicyclic) bond motifs is 11. The van der Waals surface area contributed by atoms with Crippen LogP contribution in [0.15, 0.2) is 240 Å². The normalized spacial score (nSPS) is 14.9. The maximum Gasteiger partial charge on any atom is 0.136 e. The van der Waals surface area contributed by atoms with Crippen molar-refractivity contribution in [1.29, 1.82) is 0 Å². The minimum Gasteiger partial charge on any atom is -0.456 e. The summed E-state index contributed by atoms with van der Waals surface area (Å²) >= 11 is 3.81. The van der Waals surface area contributed by atoms with Crippen LogP contribution in [-0.4, -0.2) is 14.9 Å². The zero-order chi connectivity index (χ0) is 45.2. The number of nitrogens with zero attached hydrogens (tertiary/aromatic N) is 2. The average molecular weight is 917 g/mol. The number of hydrogen-bond acceptors (Lipinski definition) is 3. The third-order valence-corrected chi connectivity index (χ3v) is 17.2. The van der Waals surface area contributed by atoms with Crippen molar-refractivity contribution in [2.45, 2.75) is 10.3 Å². The molecule has 5 heterocycles. The first-order valence-corrected chi connectivity index (χ1v) is 25.4. The smallest absolute Gasteiger partial charge is 0.136 e. The Balaban J connectivity index is 0.882. The average Bonchev–Trinajstić information content (AvgIpc) is 4.23. The molecule has 0 amide bonds. The summed E-state index contributed by atoms with van der Waals surface area (Å²) in [5.41, 5.74) is 16.1. The van der Waals surface area contributed by atoms with Gasteiger partial charge in [0.05, 0.1) is 27.5 Å². The highest BCUT2D eigenvalue weighted by Gasteiger charge is 2.43. The van der Waals surface area contributed by atoms with Gasteiger partial charge in [-0.3, -0.25) is 0 Å². The Morgan fingerprint density at radius 3 is 1.67 bits per heavy atom. The second-order valence-corrected chi connectivity index (χ2v) is 20.4. The van der Waals surface area contributed by atoms with Crippen molar-refractivity contribution >= 4 is 98.7 Å². The van der Waals surface area contributed by atoms with Crippen LogP contribution in [0.4, 0.5) is 0 Å². The van der Waals surface area contributed by atoms with Gasteiger partial charge in [0.2, 0.25) is 0 Å². The van der Waals surface area contributed by atoms with Gasteiger partial charge < -0.3 is 13.6 Å². The van der Waals surface area contributed by atoms with E-state index in [1.165, 1.54) is 97.0 Å². The molecule has 0 saturated carbocycles. The molecular formula is C64H40N2OS2. The Hall–Kier alpha value is -8.09. The molecule has 0 aliphatic carbocycles. The van der Waals surface area contributed by atoms with Crippen LogP contribution in [0, 0.1) is 0 Å². The van der Waals surface area contributed by atoms with Crippen molar-refractivity contribution < 1.29 is 4.42 Å². The predicted octanol–water partition coefficient (Wildman–Crippen LogP) is 17.8. The van der Waals surface area contributed by atoms with Crippen LogP contribution in [0.2, 0.25) is 0 Å². The van der Waals surface area contributed by atoms with Crippen LogP contribution < -0.4 is 0 Å². The molecule has 15 rings (SSSR count). The molecule has 1 atom stereocenters. The molecule has 5 heteroatoms. The standard InChI is InChI=1S/C64H40N2OS2/c1-3-15-44(16-4-1)65-54-23-11-7-19-46(54)51-35-40(28-33-56(51)65)62-50-21-9-13-25-60(50)69-63(62)41-27-31-48-49-32-29-43(38-59(49)67-58(48)36-41)64(39-68-61-26-14-10-22-53(61)64)42-30-34-57-52(37-42)47-20-8-12-24-55(47)66(57)45-17-5-2-6-18-45/h1-38H,39H2. The number of furan rings is 1. The fourth-order valence-electron chi connectivity index (χ4n) is 11.6. The van der Waals surface area contributed by atoms with Crippen LogP contribution in [0.3, 0.4) is 0 Å². The van der Waals surface area contributed by atoms with Gasteiger partial charge in [-0.05, 0) is 119 Å². The summed E-state index contributed by atoms with van der Waals surface area (Å²) in [5, 5.41) is 8.54. The van der Waals surface area contributed by atoms with Crippen molar-refractivity contribution in [2.75, 3.05) is 5.75 Å². The quantitative estimate of drug-likeness (QED) is 0.166. The summed E-state index contributed by atoms with van der Waals surface area (Å²) in [5.74, 6) is 0.901. The number of para-hydroxylation sites is 4. The molecule has 0 spiro atoms. The molecule has 0 saturated heterocycles. The summed E-state index contributed by atoms with van der Waals surface area (Å²) in [6.07, 6.45) is 0. The largest absolute Gasteiger partial charge is 0.456 e. The highest BCUT2D eigenvalue weighted by atomic mass is 32.2. The second-order valence-electron chi connectivity index (χ2n) is 18.4. The zero-order valence-corrected chi connectivity index (χ0v) is 38.9. The summed E-state index contributed by atoms with van der Waals surface area (Å²) in [4.78, 5) is 2.58. The van der Waals surface area contributed by atoms with Gasteiger partial charge in [-0.2, -0.15) is 0 Å². The van der Waals surface area contributed by atoms with E-state index in [2.05, 4.69) is 240 Å². The third kappa shape index (κ3) is 5.69. The molecule has 1 unspecified atom stereocenters. The Kier molecular flexibility index (Phi) is 8.44. The van der Waals surface area contributed by atoms with Gasteiger partial charge in [0, 0.05) is 74.9 Å². The van der Waals surface area contributed by atoms with Gasteiger partial charge in [0.1, 0.15) is 11.2 Å². The fraction of sp³-hybridized carbons (Fsp3) is 0.0312. The lowest BCUT2D eigenvalue weighted by atomic mass is 9.70. The molecule has 0 fully saturated rings. The molecule has 0 bridgehead atoms. The van der Waals surface area contributed by atoms with Gasteiger partial charge in [0.25, 0.3) is 0 Å². The molecule has 14 aromatic rings. The molecule has 1 aliphatic rings. The topological polar surface area (TPSA) is 23.0 Å². The molecule has 4 aromatic heterocycles. The molecular weight excluding hydrogens is 877 g/mol. The fourth-order valence-corrected chi connectivity index (χ4v) is 14.3. The second kappa shape index (κ2) is 15.0. The Labute approximate surface area is 406 Å². The van der Waals surface area contributed by atoms with E-state index in [9.17, 15) is 0 Å². The maximum absolute atomic E-state index is 7.03. The molecule has 10 aromatic carbocycles. The van der Waals surface area contributed by atoms with Crippen molar-refractivity contribution in [2.24, 2.45) is 0 Å². The molecule has 1 aliphatic heterocycles. The van der Waals surface area contributed by atoms with Crippen molar-refractivity contribution in [3.63, 3.8) is 0 Å². The highest BCUT2D eigenvalue weighted by Crippen LogP contribution is 2.54. The van der Waals surface area contributed by atoms with Crippen LogP contribution in [-0.2, 0) is 5.41 Å². The monoisotopic (exact) mass is 916 g/mol. The molecule has 0 radical (unpaired) electrons. The van der Waals surface area contributed by atoms with Gasteiger partial charge in [-0.25, -0.2) is 0 Å². The summed E-state index contributed by atoms with van der Waals surface area (Å²) < 4.78 is 13.1. The van der Waals surface area contributed by atoms with Crippen LogP contribution in [0.25, 0.3) is 109 Å². The van der Waals surface area contributed by atoms with Crippen LogP contribution in [0.1, 0.15) is 16.7 Å². The summed E-state index contributed by atoms with van der Waals surface area (Å²) in [7, 11) is 0. The first-order valence-electron chi connectivity index (χ1n) is 23.6. The summed E-state index contributed by atoms with van der Waals surface area (Å²) in [6, 6.07) is 84.9. The lowest BCUT2D eigenvalue weighted by Gasteiger charge is -2.31. The number of aromatic nitrogens is 2. The molecule has 0 N–H and O–H groups in total. The van der Waals surface area contributed by atoms with Gasteiger partial charge in [0.15, 0.2) is 0 Å². The summed E-state index contributed by atoms with van der Waals surface area (Å²) in [6.45, 7) is 0. The third-order valence-electron chi connectivity index (χ3n) is 14.8. The number of thiophene rings is 1. The Morgan fingerprint density at radius 2 is 0.928 bits per heavy atom. The molecule has 3 nitrogen and oxygen atoms in total. The number of benzene rings is 10. The van der Waals surface area contributed by atoms with Crippen molar-refractivity contribution in [3.8, 4) is 32.9 Å². The number of rotatable bonds is 6. The first-order chi connectivity index (χ1) is 34.2. The van der Waals surface area contributed by atoms with Crippen LogP contribution in [0.5, 0.6) is 0 Å². The van der Waals surface area contributed by atoms with E-state index < -0.39 is 0 Å². The maximum atomic E-state index is 7.03. The van der Waals surface area contributed by atoms with Crippen molar-refractivity contribution in [3.05, 3.63) is 247 Å². The van der Waals surface area contributed by atoms with Crippen molar-refractivity contribution in [1.82, 2.24) is 9.13 Å². The van der Waals surface area contributed by atoms with Crippen LogP contribution >= 0.6 is 23.1 Å². The van der Waals surface area contributed by atoms with Gasteiger partial charge in [-0.1, -0.05) is 140 Å². The first kappa shape index (κ1) is 39.0.